The molecular weight excluding hydrogens is 208 g/mol. The highest BCUT2D eigenvalue weighted by molar-refractivity contribution is 9.10. The molecule has 0 fully saturated rings. The molecule has 0 aromatic heterocycles. The van der Waals surface area contributed by atoms with Crippen LogP contribution in [0.2, 0.25) is 0 Å². The standard InChI is InChI=1S/C7H5BrN2O/c8-6-1-2-7(10-11)5(3-6)4-9/h1-3,10-11H. The van der Waals surface area contributed by atoms with Crippen molar-refractivity contribution in [2.24, 2.45) is 0 Å². The normalized spacial score (nSPS) is 8.82. The highest BCUT2D eigenvalue weighted by Crippen LogP contribution is 2.19. The van der Waals surface area contributed by atoms with E-state index in [1.54, 1.807) is 18.2 Å². The summed E-state index contributed by atoms with van der Waals surface area (Å²) in [5.41, 5.74) is 2.75. The maximum atomic E-state index is 8.55. The molecule has 0 saturated carbocycles. The molecule has 1 aromatic rings. The minimum atomic E-state index is 0.405. The lowest BCUT2D eigenvalue weighted by Crippen LogP contribution is -1.92. The maximum absolute atomic E-state index is 8.55. The molecule has 0 atom stereocenters. The Morgan fingerprint density at radius 1 is 1.55 bits per heavy atom. The van der Waals surface area contributed by atoms with Gasteiger partial charge in [-0.2, -0.15) is 5.26 Å². The molecule has 2 N–H and O–H groups in total. The fourth-order valence-electron chi connectivity index (χ4n) is 0.706. The van der Waals surface area contributed by atoms with Gasteiger partial charge in [-0.3, -0.25) is 10.7 Å². The predicted molar refractivity (Wildman–Crippen MR) is 44.3 cm³/mol. The van der Waals surface area contributed by atoms with Gasteiger partial charge in [0.25, 0.3) is 0 Å². The molecule has 56 valence electrons. The van der Waals surface area contributed by atoms with Crippen molar-refractivity contribution in [3.8, 4) is 6.07 Å². The van der Waals surface area contributed by atoms with Crippen molar-refractivity contribution < 1.29 is 5.21 Å². The summed E-state index contributed by atoms with van der Waals surface area (Å²) in [7, 11) is 0. The number of hydrogen-bond donors (Lipinski definition) is 2. The molecule has 0 amide bonds. The predicted octanol–water partition coefficient (Wildman–Crippen LogP) is 2.12. The second-order valence-electron chi connectivity index (χ2n) is 1.91. The summed E-state index contributed by atoms with van der Waals surface area (Å²) in [5, 5.41) is 17.1. The largest absolute Gasteiger partial charge is 0.291 e. The van der Waals surface area contributed by atoms with Gasteiger partial charge in [0.2, 0.25) is 0 Å². The molecule has 11 heavy (non-hydrogen) atoms. The van der Waals surface area contributed by atoms with Gasteiger partial charge < -0.3 is 0 Å². The van der Waals surface area contributed by atoms with E-state index in [9.17, 15) is 0 Å². The van der Waals surface area contributed by atoms with Crippen LogP contribution in [0.25, 0.3) is 0 Å². The third-order valence-corrected chi connectivity index (χ3v) is 1.72. The number of nitrogens with zero attached hydrogens (tertiary/aromatic N) is 1. The minimum Gasteiger partial charge on any atom is -0.291 e. The summed E-state index contributed by atoms with van der Waals surface area (Å²) in [5.74, 6) is 0. The third-order valence-electron chi connectivity index (χ3n) is 1.22. The Labute approximate surface area is 72.4 Å². The van der Waals surface area contributed by atoms with Gasteiger partial charge in [0, 0.05) is 4.47 Å². The van der Waals surface area contributed by atoms with Gasteiger partial charge in [0.15, 0.2) is 0 Å². The lowest BCUT2D eigenvalue weighted by Gasteiger charge is -2.00. The number of benzene rings is 1. The molecule has 1 rings (SSSR count). The van der Waals surface area contributed by atoms with Crippen LogP contribution in [0.4, 0.5) is 5.69 Å². The molecule has 0 heterocycles. The molecule has 0 radical (unpaired) electrons. The molecule has 0 spiro atoms. The smallest absolute Gasteiger partial charge is 0.101 e. The van der Waals surface area contributed by atoms with Crippen LogP contribution in [0.15, 0.2) is 22.7 Å². The molecule has 0 unspecified atom stereocenters. The molecule has 4 heteroatoms. The van der Waals surface area contributed by atoms with Crippen LogP contribution in [0.5, 0.6) is 0 Å². The fraction of sp³-hybridized carbons (Fsp3) is 0. The number of nitrogens with one attached hydrogen (secondary N) is 1. The van der Waals surface area contributed by atoms with Crippen molar-refractivity contribution in [3.05, 3.63) is 28.2 Å². The monoisotopic (exact) mass is 212 g/mol. The molecule has 3 nitrogen and oxygen atoms in total. The first-order valence-electron chi connectivity index (χ1n) is 2.87. The topological polar surface area (TPSA) is 56.0 Å². The van der Waals surface area contributed by atoms with Crippen molar-refractivity contribution in [1.29, 1.82) is 5.26 Å². The Morgan fingerprint density at radius 3 is 2.82 bits per heavy atom. The Hall–Kier alpha value is -1.05. The van der Waals surface area contributed by atoms with Crippen molar-refractivity contribution in [2.75, 3.05) is 5.48 Å². The van der Waals surface area contributed by atoms with E-state index in [0.717, 1.165) is 4.47 Å². The molecule has 0 aliphatic heterocycles. The van der Waals surface area contributed by atoms with Crippen LogP contribution in [0.1, 0.15) is 5.56 Å². The van der Waals surface area contributed by atoms with Crippen LogP contribution < -0.4 is 5.48 Å². The number of hydrogen-bond acceptors (Lipinski definition) is 3. The minimum absolute atomic E-state index is 0.405. The molecular formula is C7H5BrN2O. The summed E-state index contributed by atoms with van der Waals surface area (Å²) in [6.07, 6.45) is 0. The first-order valence-corrected chi connectivity index (χ1v) is 3.67. The Balaban J connectivity index is 3.19. The second kappa shape index (κ2) is 3.37. The van der Waals surface area contributed by atoms with E-state index >= 15 is 0 Å². The van der Waals surface area contributed by atoms with Crippen LogP contribution >= 0.6 is 15.9 Å². The highest BCUT2D eigenvalue weighted by Gasteiger charge is 1.99. The first kappa shape index (κ1) is 8.05. The van der Waals surface area contributed by atoms with Crippen LogP contribution in [0.3, 0.4) is 0 Å². The van der Waals surface area contributed by atoms with E-state index in [4.69, 9.17) is 10.5 Å². The van der Waals surface area contributed by atoms with E-state index in [0.29, 0.717) is 11.3 Å². The Kier molecular flexibility index (Phi) is 2.47. The summed E-state index contributed by atoms with van der Waals surface area (Å²) >= 11 is 3.21. The number of anilines is 1. The van der Waals surface area contributed by atoms with Gasteiger partial charge in [-0.05, 0) is 18.2 Å². The van der Waals surface area contributed by atoms with Crippen LogP contribution in [-0.4, -0.2) is 5.21 Å². The molecule has 0 saturated heterocycles. The quantitative estimate of drug-likeness (QED) is 0.702. The van der Waals surface area contributed by atoms with Crippen molar-refractivity contribution in [3.63, 3.8) is 0 Å². The maximum Gasteiger partial charge on any atom is 0.101 e. The molecule has 0 bridgehead atoms. The van der Waals surface area contributed by atoms with Gasteiger partial charge in [-0.25, -0.2) is 0 Å². The molecule has 0 aliphatic carbocycles. The highest BCUT2D eigenvalue weighted by atomic mass is 79.9. The Morgan fingerprint density at radius 2 is 2.27 bits per heavy atom. The number of rotatable bonds is 1. The first-order chi connectivity index (χ1) is 5.27. The Bertz CT molecular complexity index is 306. The summed E-state index contributed by atoms with van der Waals surface area (Å²) in [6.45, 7) is 0. The van der Waals surface area contributed by atoms with Gasteiger partial charge in [0.1, 0.15) is 6.07 Å². The lowest BCUT2D eigenvalue weighted by atomic mass is 10.2. The van der Waals surface area contributed by atoms with Crippen LogP contribution in [0, 0.1) is 11.3 Å². The zero-order valence-electron chi connectivity index (χ0n) is 5.50. The second-order valence-corrected chi connectivity index (χ2v) is 2.83. The number of halogens is 1. The van der Waals surface area contributed by atoms with Crippen LogP contribution in [-0.2, 0) is 0 Å². The zero-order valence-corrected chi connectivity index (χ0v) is 7.09. The average Bonchev–Trinajstić information content (AvgIpc) is 2.04. The van der Waals surface area contributed by atoms with Gasteiger partial charge in [-0.1, -0.05) is 15.9 Å². The van der Waals surface area contributed by atoms with Gasteiger partial charge in [-0.15, -0.1) is 0 Å². The van der Waals surface area contributed by atoms with E-state index in [1.807, 2.05) is 11.5 Å². The SMILES string of the molecule is N#Cc1cc(Br)ccc1NO. The summed E-state index contributed by atoms with van der Waals surface area (Å²) < 4.78 is 0.813. The van der Waals surface area contributed by atoms with Gasteiger partial charge in [0.05, 0.1) is 11.3 Å². The average molecular weight is 213 g/mol. The lowest BCUT2D eigenvalue weighted by molar-refractivity contribution is 0.388. The van der Waals surface area contributed by atoms with E-state index in [1.165, 1.54) is 0 Å². The van der Waals surface area contributed by atoms with Crippen molar-refractivity contribution >= 4 is 21.6 Å². The van der Waals surface area contributed by atoms with Crippen molar-refractivity contribution in [2.45, 2.75) is 0 Å². The number of nitriles is 1. The van der Waals surface area contributed by atoms with E-state index in [2.05, 4.69) is 15.9 Å². The van der Waals surface area contributed by atoms with Gasteiger partial charge >= 0.3 is 0 Å². The summed E-state index contributed by atoms with van der Waals surface area (Å²) in [6, 6.07) is 6.91. The fourth-order valence-corrected chi connectivity index (χ4v) is 1.07. The van der Waals surface area contributed by atoms with E-state index < -0.39 is 0 Å². The summed E-state index contributed by atoms with van der Waals surface area (Å²) in [4.78, 5) is 0. The third kappa shape index (κ3) is 1.70. The zero-order chi connectivity index (χ0) is 8.27. The van der Waals surface area contributed by atoms with Crippen molar-refractivity contribution in [1.82, 2.24) is 0 Å². The van der Waals surface area contributed by atoms with E-state index in [-0.39, 0.29) is 0 Å². The molecule has 0 aliphatic rings. The molecule has 1 aromatic carbocycles.